The molecule has 1 atom stereocenters. The van der Waals surface area contributed by atoms with Gasteiger partial charge in [0, 0.05) is 31.0 Å². The van der Waals surface area contributed by atoms with Crippen molar-refractivity contribution in [3.63, 3.8) is 0 Å². The third-order valence-electron chi connectivity index (χ3n) is 4.50. The van der Waals surface area contributed by atoms with Crippen LogP contribution in [-0.2, 0) is 25.9 Å². The highest BCUT2D eigenvalue weighted by Crippen LogP contribution is 2.23. The number of hydrogen-bond acceptors (Lipinski definition) is 5. The van der Waals surface area contributed by atoms with Crippen LogP contribution in [0.2, 0.25) is 0 Å². The molecule has 3 aromatic heterocycles. The van der Waals surface area contributed by atoms with E-state index in [1.54, 1.807) is 0 Å². The molecule has 4 rings (SSSR count). The highest BCUT2D eigenvalue weighted by Gasteiger charge is 2.21. The van der Waals surface area contributed by atoms with Gasteiger partial charge in [0.25, 0.3) is 0 Å². The zero-order chi connectivity index (χ0) is 16.5. The fourth-order valence-corrected chi connectivity index (χ4v) is 3.16. The largest absolute Gasteiger partial charge is 0.460 e. The molecular formula is C17H22N6O. The van der Waals surface area contributed by atoms with Crippen molar-refractivity contribution in [3.8, 4) is 11.5 Å². The zero-order valence-corrected chi connectivity index (χ0v) is 14.0. The Kier molecular flexibility index (Phi) is 3.93. The summed E-state index contributed by atoms with van der Waals surface area (Å²) in [5, 5.41) is 15.4. The minimum absolute atomic E-state index is 0.394. The SMILES string of the molecule is CCc1nc2n(n1)CC(NCc1cn[nH]c1-c1ccc(C)o1)CC2. The number of rotatable bonds is 5. The molecule has 0 amide bonds. The third-order valence-corrected chi connectivity index (χ3v) is 4.50. The van der Waals surface area contributed by atoms with Gasteiger partial charge in [0.1, 0.15) is 17.3 Å². The normalized spacial score (nSPS) is 17.2. The number of furan rings is 1. The molecule has 0 spiro atoms. The van der Waals surface area contributed by atoms with Crippen molar-refractivity contribution < 1.29 is 4.42 Å². The van der Waals surface area contributed by atoms with Crippen LogP contribution >= 0.6 is 0 Å². The first kappa shape index (κ1) is 15.1. The van der Waals surface area contributed by atoms with Crippen LogP contribution in [0.4, 0.5) is 0 Å². The van der Waals surface area contributed by atoms with E-state index in [1.807, 2.05) is 29.9 Å². The molecule has 0 saturated carbocycles. The Morgan fingerprint density at radius 3 is 3.12 bits per heavy atom. The average molecular weight is 326 g/mol. The second-order valence-corrected chi connectivity index (χ2v) is 6.28. The molecule has 0 saturated heterocycles. The first-order chi connectivity index (χ1) is 11.7. The van der Waals surface area contributed by atoms with Gasteiger partial charge in [0.05, 0.1) is 12.7 Å². The Morgan fingerprint density at radius 2 is 2.33 bits per heavy atom. The Hall–Kier alpha value is -2.41. The van der Waals surface area contributed by atoms with Crippen molar-refractivity contribution in [2.45, 2.75) is 52.2 Å². The predicted octanol–water partition coefficient (Wildman–Crippen LogP) is 2.24. The lowest BCUT2D eigenvalue weighted by molar-refractivity contribution is 0.357. The average Bonchev–Trinajstić information content (AvgIpc) is 3.30. The molecule has 1 aliphatic heterocycles. The molecule has 0 aliphatic carbocycles. The fraction of sp³-hybridized carbons (Fsp3) is 0.471. The van der Waals surface area contributed by atoms with E-state index in [2.05, 4.69) is 32.5 Å². The molecule has 4 heterocycles. The highest BCUT2D eigenvalue weighted by atomic mass is 16.3. The molecule has 0 radical (unpaired) electrons. The van der Waals surface area contributed by atoms with E-state index >= 15 is 0 Å². The van der Waals surface area contributed by atoms with Crippen LogP contribution in [-0.4, -0.2) is 31.0 Å². The number of fused-ring (bicyclic) bond motifs is 1. The van der Waals surface area contributed by atoms with Gasteiger partial charge < -0.3 is 9.73 Å². The van der Waals surface area contributed by atoms with Gasteiger partial charge in [-0.25, -0.2) is 9.67 Å². The second-order valence-electron chi connectivity index (χ2n) is 6.28. The van der Waals surface area contributed by atoms with Crippen LogP contribution in [0.1, 0.15) is 36.3 Å². The fourth-order valence-electron chi connectivity index (χ4n) is 3.16. The van der Waals surface area contributed by atoms with E-state index < -0.39 is 0 Å². The monoisotopic (exact) mass is 326 g/mol. The summed E-state index contributed by atoms with van der Waals surface area (Å²) in [7, 11) is 0. The van der Waals surface area contributed by atoms with E-state index in [-0.39, 0.29) is 0 Å². The summed E-state index contributed by atoms with van der Waals surface area (Å²) < 4.78 is 7.75. The molecule has 7 nitrogen and oxygen atoms in total. The lowest BCUT2D eigenvalue weighted by Crippen LogP contribution is -2.37. The van der Waals surface area contributed by atoms with Crippen LogP contribution < -0.4 is 5.32 Å². The van der Waals surface area contributed by atoms with Crippen molar-refractivity contribution >= 4 is 0 Å². The van der Waals surface area contributed by atoms with Gasteiger partial charge >= 0.3 is 0 Å². The molecule has 0 bridgehead atoms. The summed E-state index contributed by atoms with van der Waals surface area (Å²) in [6, 6.07) is 4.33. The van der Waals surface area contributed by atoms with E-state index in [1.165, 1.54) is 0 Å². The van der Waals surface area contributed by atoms with Crippen LogP contribution in [0.3, 0.4) is 0 Å². The van der Waals surface area contributed by atoms with Gasteiger partial charge in [-0.2, -0.15) is 10.2 Å². The Balaban J connectivity index is 1.42. The molecule has 24 heavy (non-hydrogen) atoms. The third kappa shape index (κ3) is 2.87. The molecule has 0 aromatic carbocycles. The minimum atomic E-state index is 0.394. The van der Waals surface area contributed by atoms with Crippen molar-refractivity contribution in [1.82, 2.24) is 30.3 Å². The number of H-pyrrole nitrogens is 1. The lowest BCUT2D eigenvalue weighted by atomic mass is 10.1. The standard InChI is InChI=1S/C17H22N6O/c1-3-15-20-16-7-5-13(10-23(16)22-15)18-8-12-9-19-21-17(12)14-6-4-11(2)24-14/h4,6,9,13,18H,3,5,7-8,10H2,1-2H3,(H,19,21). The van der Waals surface area contributed by atoms with E-state index in [0.29, 0.717) is 6.04 Å². The Labute approximate surface area is 140 Å². The molecule has 7 heteroatoms. The van der Waals surface area contributed by atoms with E-state index in [0.717, 1.165) is 66.8 Å². The predicted molar refractivity (Wildman–Crippen MR) is 89.4 cm³/mol. The molecule has 1 aliphatic rings. The van der Waals surface area contributed by atoms with Gasteiger partial charge in [0.15, 0.2) is 11.6 Å². The van der Waals surface area contributed by atoms with Gasteiger partial charge in [-0.3, -0.25) is 5.10 Å². The number of aromatic amines is 1. The number of aryl methyl sites for hydroxylation is 3. The smallest absolute Gasteiger partial charge is 0.152 e. The number of nitrogens with one attached hydrogen (secondary N) is 2. The summed E-state index contributed by atoms with van der Waals surface area (Å²) in [5.74, 6) is 3.78. The first-order valence-electron chi connectivity index (χ1n) is 8.48. The maximum absolute atomic E-state index is 5.70. The summed E-state index contributed by atoms with van der Waals surface area (Å²) in [6.07, 6.45) is 4.80. The summed E-state index contributed by atoms with van der Waals surface area (Å²) >= 11 is 0. The summed E-state index contributed by atoms with van der Waals surface area (Å²) in [6.45, 7) is 5.66. The van der Waals surface area contributed by atoms with Crippen molar-refractivity contribution in [3.05, 3.63) is 41.3 Å². The molecule has 3 aromatic rings. The van der Waals surface area contributed by atoms with Gasteiger partial charge in [-0.15, -0.1) is 0 Å². The lowest BCUT2D eigenvalue weighted by Gasteiger charge is -2.23. The van der Waals surface area contributed by atoms with Gasteiger partial charge in [0.2, 0.25) is 0 Å². The Morgan fingerprint density at radius 1 is 1.42 bits per heavy atom. The Bertz CT molecular complexity index is 830. The van der Waals surface area contributed by atoms with Crippen LogP contribution in [0, 0.1) is 6.92 Å². The molecule has 2 N–H and O–H groups in total. The van der Waals surface area contributed by atoms with E-state index in [4.69, 9.17) is 4.42 Å². The van der Waals surface area contributed by atoms with Gasteiger partial charge in [-0.05, 0) is 25.5 Å². The quantitative estimate of drug-likeness (QED) is 0.751. The van der Waals surface area contributed by atoms with Crippen molar-refractivity contribution in [2.24, 2.45) is 0 Å². The maximum Gasteiger partial charge on any atom is 0.152 e. The van der Waals surface area contributed by atoms with Crippen LogP contribution in [0.5, 0.6) is 0 Å². The van der Waals surface area contributed by atoms with Crippen LogP contribution in [0.15, 0.2) is 22.7 Å². The highest BCUT2D eigenvalue weighted by molar-refractivity contribution is 5.56. The molecule has 126 valence electrons. The van der Waals surface area contributed by atoms with Gasteiger partial charge in [-0.1, -0.05) is 6.92 Å². The van der Waals surface area contributed by atoms with Crippen molar-refractivity contribution in [2.75, 3.05) is 0 Å². The number of hydrogen-bond donors (Lipinski definition) is 2. The zero-order valence-electron chi connectivity index (χ0n) is 14.0. The van der Waals surface area contributed by atoms with Crippen LogP contribution in [0.25, 0.3) is 11.5 Å². The molecule has 0 fully saturated rings. The van der Waals surface area contributed by atoms with Crippen molar-refractivity contribution in [1.29, 1.82) is 0 Å². The second kappa shape index (κ2) is 6.24. The minimum Gasteiger partial charge on any atom is -0.460 e. The van der Waals surface area contributed by atoms with E-state index in [9.17, 15) is 0 Å². The first-order valence-corrected chi connectivity index (χ1v) is 8.48. The number of aromatic nitrogens is 5. The summed E-state index contributed by atoms with van der Waals surface area (Å²) in [5.41, 5.74) is 2.06. The molecule has 1 unspecified atom stereocenters. The summed E-state index contributed by atoms with van der Waals surface area (Å²) in [4.78, 5) is 4.57. The number of nitrogens with zero attached hydrogens (tertiary/aromatic N) is 4. The molecular weight excluding hydrogens is 304 g/mol. The maximum atomic E-state index is 5.70. The topological polar surface area (TPSA) is 84.6 Å².